The second-order valence-electron chi connectivity index (χ2n) is 10.7. The normalized spacial score (nSPS) is 14.6. The lowest BCUT2D eigenvalue weighted by Gasteiger charge is -2.25. The van der Waals surface area contributed by atoms with E-state index < -0.39 is 75.5 Å². The number of terminal acetylenes is 1. The van der Waals surface area contributed by atoms with Crippen molar-refractivity contribution in [3.63, 3.8) is 0 Å². The van der Waals surface area contributed by atoms with Gasteiger partial charge in [0.05, 0.1) is 11.9 Å². The summed E-state index contributed by atoms with van der Waals surface area (Å²) in [7, 11) is -3.64. The van der Waals surface area contributed by atoms with E-state index in [2.05, 4.69) is 27.2 Å². The van der Waals surface area contributed by atoms with Crippen LogP contribution < -0.4 is 21.3 Å². The third kappa shape index (κ3) is 14.1. The summed E-state index contributed by atoms with van der Waals surface area (Å²) in [5, 5.41) is 10.1. The Labute approximate surface area is 281 Å². The van der Waals surface area contributed by atoms with Gasteiger partial charge in [0.2, 0.25) is 11.8 Å². The van der Waals surface area contributed by atoms with Gasteiger partial charge in [-0.05, 0) is 32.8 Å². The molecule has 1 aromatic carbocycles. The van der Waals surface area contributed by atoms with E-state index >= 15 is 0 Å². The lowest BCUT2D eigenvalue weighted by Crippen LogP contribution is -2.57. The Hall–Kier alpha value is -5.16. The molecule has 0 fully saturated rings. The molecule has 0 spiro atoms. The fraction of sp³-hybridized carbons (Fsp3) is 0.382. The number of carbonyl (C=O) groups excluding carboxylic acids is 5. The molecule has 1 aromatic rings. The van der Waals surface area contributed by atoms with Crippen LogP contribution in [0.4, 0.5) is 4.79 Å². The van der Waals surface area contributed by atoms with Crippen LogP contribution in [0.5, 0.6) is 0 Å². The van der Waals surface area contributed by atoms with Gasteiger partial charge in [0.25, 0.3) is 5.91 Å². The van der Waals surface area contributed by atoms with Crippen LogP contribution in [0.3, 0.4) is 0 Å². The molecule has 0 aromatic heterocycles. The fourth-order valence-corrected chi connectivity index (χ4v) is 4.78. The van der Waals surface area contributed by atoms with E-state index in [1.54, 1.807) is 67.6 Å². The first-order valence-electron chi connectivity index (χ1n) is 15.3. The third-order valence-electron chi connectivity index (χ3n) is 6.76. The quantitative estimate of drug-likeness (QED) is 0.141. The molecule has 0 bridgehead atoms. The second kappa shape index (κ2) is 20.2. The first-order chi connectivity index (χ1) is 22.9. The summed E-state index contributed by atoms with van der Waals surface area (Å²) in [5.74, 6) is -1.41. The van der Waals surface area contributed by atoms with E-state index in [9.17, 15) is 32.4 Å². The zero-order valence-electron chi connectivity index (χ0n) is 27.1. The number of amides is 4. The number of allylic oxidation sites excluding steroid dienone is 4. The zero-order valence-corrected chi connectivity index (χ0v) is 27.9. The van der Waals surface area contributed by atoms with E-state index in [0.29, 0.717) is 0 Å². The Morgan fingerprint density at radius 1 is 0.938 bits per heavy atom. The molecule has 258 valence electrons. The minimum Gasteiger partial charge on any atom is -0.466 e. The molecule has 0 saturated carbocycles. The van der Waals surface area contributed by atoms with Gasteiger partial charge in [0.15, 0.2) is 15.9 Å². The summed E-state index contributed by atoms with van der Waals surface area (Å²) in [6.45, 7) is 4.25. The molecule has 14 heteroatoms. The molecule has 1 aliphatic rings. The van der Waals surface area contributed by atoms with Gasteiger partial charge in [0, 0.05) is 23.8 Å². The summed E-state index contributed by atoms with van der Waals surface area (Å²) in [6.07, 6.45) is 15.9. The number of ether oxygens (including phenoxy) is 2. The molecule has 48 heavy (non-hydrogen) atoms. The Balaban J connectivity index is 2.13. The molecule has 4 N–H and O–H groups in total. The predicted octanol–water partition coefficient (Wildman–Crippen LogP) is 1.98. The van der Waals surface area contributed by atoms with Crippen molar-refractivity contribution >= 4 is 39.6 Å². The SMILES string of the molecule is C#CC(NC(=O)C(NC(=O)CNC(=O)OCc1ccccc1)C1C=CC=CC=C1)C(=O)NC(C=CS(=O)(=O)C(C)C)CCC(=O)OCC. The summed E-state index contributed by atoms with van der Waals surface area (Å²) in [4.78, 5) is 63.6. The fourth-order valence-electron chi connectivity index (χ4n) is 4.05. The Morgan fingerprint density at radius 2 is 1.60 bits per heavy atom. The van der Waals surface area contributed by atoms with Crippen molar-refractivity contribution in [3.05, 3.63) is 83.8 Å². The highest BCUT2D eigenvalue weighted by molar-refractivity contribution is 7.94. The first kappa shape index (κ1) is 39.0. The van der Waals surface area contributed by atoms with E-state index in [1.165, 1.54) is 19.9 Å². The highest BCUT2D eigenvalue weighted by Crippen LogP contribution is 2.13. The van der Waals surface area contributed by atoms with E-state index in [-0.39, 0.29) is 26.1 Å². The largest absolute Gasteiger partial charge is 0.466 e. The molecule has 0 heterocycles. The van der Waals surface area contributed by atoms with Gasteiger partial charge in [-0.2, -0.15) is 0 Å². The molecule has 4 amide bonds. The van der Waals surface area contributed by atoms with Crippen molar-refractivity contribution in [3.8, 4) is 12.3 Å². The Morgan fingerprint density at radius 3 is 2.21 bits per heavy atom. The predicted molar refractivity (Wildman–Crippen MR) is 179 cm³/mol. The van der Waals surface area contributed by atoms with Crippen LogP contribution in [0.1, 0.15) is 39.2 Å². The zero-order chi connectivity index (χ0) is 35.5. The van der Waals surface area contributed by atoms with Crippen LogP contribution in [0.15, 0.2) is 78.3 Å². The van der Waals surface area contributed by atoms with Crippen molar-refractivity contribution in [2.45, 2.75) is 63.6 Å². The number of esters is 1. The average molecular weight is 683 g/mol. The molecule has 3 unspecified atom stereocenters. The van der Waals surface area contributed by atoms with Crippen LogP contribution >= 0.6 is 0 Å². The van der Waals surface area contributed by atoms with Crippen molar-refractivity contribution in [2.75, 3.05) is 13.2 Å². The monoisotopic (exact) mass is 682 g/mol. The van der Waals surface area contributed by atoms with E-state index in [1.807, 2.05) is 6.07 Å². The van der Waals surface area contributed by atoms with Crippen LogP contribution in [0, 0.1) is 18.3 Å². The van der Waals surface area contributed by atoms with Gasteiger partial charge in [-0.3, -0.25) is 19.2 Å². The molecule has 2 rings (SSSR count). The van der Waals surface area contributed by atoms with Crippen molar-refractivity contribution < 1.29 is 41.9 Å². The minimum atomic E-state index is -3.64. The van der Waals surface area contributed by atoms with Gasteiger partial charge in [-0.15, -0.1) is 6.42 Å². The maximum atomic E-state index is 13.5. The van der Waals surface area contributed by atoms with Crippen molar-refractivity contribution in [2.24, 2.45) is 5.92 Å². The van der Waals surface area contributed by atoms with Crippen molar-refractivity contribution in [1.29, 1.82) is 0 Å². The number of rotatable bonds is 17. The molecular formula is C34H42N4O9S. The highest BCUT2D eigenvalue weighted by atomic mass is 32.2. The number of hydrogen-bond donors (Lipinski definition) is 4. The topological polar surface area (TPSA) is 186 Å². The smallest absolute Gasteiger partial charge is 0.407 e. The average Bonchev–Trinajstić information content (AvgIpc) is 3.35. The molecule has 0 saturated heterocycles. The van der Waals surface area contributed by atoms with E-state index in [4.69, 9.17) is 15.9 Å². The van der Waals surface area contributed by atoms with Gasteiger partial charge in [0.1, 0.15) is 19.2 Å². The maximum Gasteiger partial charge on any atom is 0.407 e. The number of benzene rings is 1. The summed E-state index contributed by atoms with van der Waals surface area (Å²) in [6, 6.07) is 5.19. The van der Waals surface area contributed by atoms with Gasteiger partial charge in [-0.25, -0.2) is 13.2 Å². The Kier molecular flexibility index (Phi) is 16.4. The first-order valence-corrected chi connectivity index (χ1v) is 16.9. The van der Waals surface area contributed by atoms with Crippen LogP contribution in [-0.4, -0.2) is 74.7 Å². The highest BCUT2D eigenvalue weighted by Gasteiger charge is 2.31. The number of hydrogen-bond acceptors (Lipinski definition) is 9. The lowest BCUT2D eigenvalue weighted by atomic mass is 9.97. The van der Waals surface area contributed by atoms with Crippen LogP contribution in [-0.2, 0) is 45.1 Å². The number of nitrogens with one attached hydrogen (secondary N) is 4. The Bertz CT molecular complexity index is 1530. The minimum absolute atomic E-state index is 0.00740. The molecule has 3 atom stereocenters. The standard InChI is InChI=1S/C34H42N4O9S/c1-5-28(32(41)36-27(18-19-30(40)46-6-2)20-21-48(44,45)24(3)4)37-33(42)31(26-16-12-7-8-13-17-26)38-29(39)22-35-34(43)47-23-25-14-10-9-11-15-25/h1,7-17,20-21,24,26-28,31H,6,18-19,22-23H2,2-4H3,(H,35,43)(H,36,41)(H,37,42)(H,38,39). The van der Waals surface area contributed by atoms with Crippen LogP contribution in [0.2, 0.25) is 0 Å². The summed E-state index contributed by atoms with van der Waals surface area (Å²) in [5.41, 5.74) is 0.753. The third-order valence-corrected chi connectivity index (χ3v) is 8.61. The number of carbonyl (C=O) groups is 5. The molecular weight excluding hydrogens is 640 g/mol. The van der Waals surface area contributed by atoms with Gasteiger partial charge in [-0.1, -0.05) is 78.8 Å². The lowest BCUT2D eigenvalue weighted by molar-refractivity contribution is -0.143. The molecule has 13 nitrogen and oxygen atoms in total. The molecule has 0 radical (unpaired) electrons. The second-order valence-corrected chi connectivity index (χ2v) is 13.1. The summed E-state index contributed by atoms with van der Waals surface area (Å²) >= 11 is 0. The van der Waals surface area contributed by atoms with E-state index in [0.717, 1.165) is 11.0 Å². The molecule has 0 aliphatic heterocycles. The summed E-state index contributed by atoms with van der Waals surface area (Å²) < 4.78 is 34.7. The molecule has 1 aliphatic carbocycles. The van der Waals surface area contributed by atoms with Crippen LogP contribution in [0.25, 0.3) is 0 Å². The van der Waals surface area contributed by atoms with Gasteiger partial charge < -0.3 is 30.7 Å². The number of sulfone groups is 1. The van der Waals surface area contributed by atoms with Gasteiger partial charge >= 0.3 is 12.1 Å². The number of alkyl carbamates (subject to hydrolysis) is 1. The van der Waals surface area contributed by atoms with Crippen molar-refractivity contribution in [1.82, 2.24) is 21.3 Å². The maximum absolute atomic E-state index is 13.5.